The number of nitrogens with zero attached hydrogens (tertiary/aromatic N) is 1. The Hall–Kier alpha value is -2.28. The van der Waals surface area contributed by atoms with Crippen LogP contribution in [0.3, 0.4) is 0 Å². The van der Waals surface area contributed by atoms with Crippen LogP contribution in [0.2, 0.25) is 0 Å². The predicted octanol–water partition coefficient (Wildman–Crippen LogP) is 4.48. The van der Waals surface area contributed by atoms with E-state index >= 15 is 0 Å². The molecule has 0 radical (unpaired) electrons. The third-order valence-electron chi connectivity index (χ3n) is 3.90. The highest BCUT2D eigenvalue weighted by molar-refractivity contribution is 7.54. The number of ether oxygens (including phenoxy) is 3. The first kappa shape index (κ1) is 22.0. The number of nitrogens with one attached hydrogen (secondary N) is 1. The van der Waals surface area contributed by atoms with Gasteiger partial charge in [0.25, 0.3) is 0 Å². The van der Waals surface area contributed by atoms with Crippen LogP contribution in [0.25, 0.3) is 0 Å². The molecule has 9 heteroatoms. The predicted molar refractivity (Wildman–Crippen MR) is 108 cm³/mol. The lowest BCUT2D eigenvalue weighted by molar-refractivity contribution is 0.214. The van der Waals surface area contributed by atoms with Crippen molar-refractivity contribution in [1.29, 1.82) is 0 Å². The molecule has 0 saturated heterocycles. The largest absolute Gasteiger partial charge is 0.493 e. The van der Waals surface area contributed by atoms with Crippen molar-refractivity contribution in [3.05, 3.63) is 42.2 Å². The number of hydrogen-bond donors (Lipinski definition) is 1. The van der Waals surface area contributed by atoms with Crippen LogP contribution < -0.4 is 19.5 Å². The van der Waals surface area contributed by atoms with Crippen LogP contribution in [-0.2, 0) is 13.6 Å². The van der Waals surface area contributed by atoms with E-state index in [0.717, 1.165) is 0 Å². The van der Waals surface area contributed by atoms with Crippen LogP contribution in [0.15, 0.2) is 36.7 Å². The van der Waals surface area contributed by atoms with Gasteiger partial charge in [0.05, 0.1) is 40.2 Å². The third-order valence-corrected chi connectivity index (χ3v) is 6.20. The van der Waals surface area contributed by atoms with E-state index in [9.17, 15) is 4.57 Å². The Morgan fingerprint density at radius 3 is 2.07 bits per heavy atom. The average molecular weight is 410 g/mol. The van der Waals surface area contributed by atoms with Gasteiger partial charge in [0.15, 0.2) is 17.3 Å². The van der Waals surface area contributed by atoms with E-state index in [1.54, 1.807) is 44.4 Å². The average Bonchev–Trinajstić information content (AvgIpc) is 2.71. The Kier molecular flexibility index (Phi) is 8.11. The first-order valence-electron chi connectivity index (χ1n) is 8.88. The quantitative estimate of drug-likeness (QED) is 0.543. The number of aromatic nitrogens is 1. The van der Waals surface area contributed by atoms with Crippen LogP contribution in [0.5, 0.6) is 17.2 Å². The molecule has 0 bridgehead atoms. The standard InChI is InChI=1S/C19H27N2O6P/c1-6-26-28(22,27-7-2)19(21-15-9-8-10-20-13-15)14-11-16(23-3)18(25-5)17(12-14)24-4/h8-13,19,21H,6-7H2,1-5H3. The van der Waals surface area contributed by atoms with E-state index in [4.69, 9.17) is 23.3 Å². The number of hydrogen-bond acceptors (Lipinski definition) is 8. The summed E-state index contributed by atoms with van der Waals surface area (Å²) in [6, 6.07) is 7.04. The fraction of sp³-hybridized carbons (Fsp3) is 0.421. The maximum atomic E-state index is 13.6. The molecule has 0 saturated carbocycles. The lowest BCUT2D eigenvalue weighted by Crippen LogP contribution is -2.16. The number of benzene rings is 1. The summed E-state index contributed by atoms with van der Waals surface area (Å²) >= 11 is 0. The topological polar surface area (TPSA) is 88.1 Å². The Labute approximate surface area is 165 Å². The second-order valence-corrected chi connectivity index (χ2v) is 7.74. The Balaban J connectivity index is 2.62. The van der Waals surface area contributed by atoms with Gasteiger partial charge < -0.3 is 28.6 Å². The summed E-state index contributed by atoms with van der Waals surface area (Å²) in [6.07, 6.45) is 3.29. The highest BCUT2D eigenvalue weighted by Crippen LogP contribution is 2.61. The lowest BCUT2D eigenvalue weighted by Gasteiger charge is -2.29. The minimum absolute atomic E-state index is 0.229. The maximum absolute atomic E-state index is 13.6. The molecule has 0 aliphatic carbocycles. The zero-order chi connectivity index (χ0) is 20.6. The van der Waals surface area contributed by atoms with Gasteiger partial charge in [0.2, 0.25) is 5.75 Å². The van der Waals surface area contributed by atoms with Crippen LogP contribution in [0.1, 0.15) is 25.2 Å². The molecule has 1 atom stereocenters. The molecular weight excluding hydrogens is 383 g/mol. The number of methoxy groups -OCH3 is 3. The van der Waals surface area contributed by atoms with Crippen molar-refractivity contribution in [2.24, 2.45) is 0 Å². The second-order valence-electron chi connectivity index (χ2n) is 5.62. The summed E-state index contributed by atoms with van der Waals surface area (Å²) in [5, 5.41) is 3.22. The number of pyridine rings is 1. The fourth-order valence-corrected chi connectivity index (χ4v) is 4.67. The van der Waals surface area contributed by atoms with Gasteiger partial charge in [-0.1, -0.05) is 0 Å². The van der Waals surface area contributed by atoms with Crippen molar-refractivity contribution in [3.63, 3.8) is 0 Å². The van der Waals surface area contributed by atoms with E-state index in [1.165, 1.54) is 21.3 Å². The van der Waals surface area contributed by atoms with E-state index in [0.29, 0.717) is 28.5 Å². The Morgan fingerprint density at radius 2 is 1.64 bits per heavy atom. The van der Waals surface area contributed by atoms with Gasteiger partial charge in [-0.2, -0.15) is 0 Å². The zero-order valence-electron chi connectivity index (χ0n) is 16.8. The fourth-order valence-electron chi connectivity index (χ4n) is 2.76. The molecule has 8 nitrogen and oxygen atoms in total. The SMILES string of the molecule is CCOP(=O)(OCC)C(Nc1cccnc1)c1cc(OC)c(OC)c(OC)c1. The normalized spacial score (nSPS) is 12.3. The van der Waals surface area contributed by atoms with Crippen LogP contribution in [0, 0.1) is 0 Å². The molecule has 0 aliphatic heterocycles. The second kappa shape index (κ2) is 10.3. The monoisotopic (exact) mass is 410 g/mol. The summed E-state index contributed by atoms with van der Waals surface area (Å²) < 4.78 is 41.1. The third kappa shape index (κ3) is 4.95. The molecule has 1 unspecified atom stereocenters. The van der Waals surface area contributed by atoms with E-state index in [-0.39, 0.29) is 13.2 Å². The van der Waals surface area contributed by atoms with Gasteiger partial charge in [0.1, 0.15) is 0 Å². The van der Waals surface area contributed by atoms with Gasteiger partial charge in [-0.3, -0.25) is 9.55 Å². The van der Waals surface area contributed by atoms with Crippen LogP contribution >= 0.6 is 7.60 Å². The Bertz CT molecular complexity index is 767. The molecule has 154 valence electrons. The summed E-state index contributed by atoms with van der Waals surface area (Å²) in [7, 11) is 0.979. The number of rotatable bonds is 11. The van der Waals surface area contributed by atoms with Gasteiger partial charge in [-0.15, -0.1) is 0 Å². The summed E-state index contributed by atoms with van der Waals surface area (Å²) in [6.45, 7) is 3.99. The lowest BCUT2D eigenvalue weighted by atomic mass is 10.1. The first-order chi connectivity index (χ1) is 13.5. The van der Waals surface area contributed by atoms with Gasteiger partial charge in [-0.05, 0) is 43.7 Å². The van der Waals surface area contributed by atoms with Crippen LogP contribution in [0.4, 0.5) is 5.69 Å². The smallest absolute Gasteiger partial charge is 0.357 e. The minimum atomic E-state index is -3.59. The summed E-state index contributed by atoms with van der Waals surface area (Å²) in [4.78, 5) is 4.10. The minimum Gasteiger partial charge on any atom is -0.493 e. The first-order valence-corrected chi connectivity index (χ1v) is 10.5. The molecule has 2 rings (SSSR count). The van der Waals surface area contributed by atoms with Gasteiger partial charge >= 0.3 is 7.60 Å². The van der Waals surface area contributed by atoms with E-state index < -0.39 is 13.4 Å². The molecule has 1 heterocycles. The molecule has 2 aromatic rings. The molecule has 28 heavy (non-hydrogen) atoms. The van der Waals surface area contributed by atoms with Crippen molar-refractivity contribution in [3.8, 4) is 17.2 Å². The molecule has 1 aromatic carbocycles. The molecule has 1 aromatic heterocycles. The molecule has 0 spiro atoms. The highest BCUT2D eigenvalue weighted by atomic mass is 31.2. The molecule has 1 N–H and O–H groups in total. The van der Waals surface area contributed by atoms with Gasteiger partial charge in [0, 0.05) is 12.4 Å². The van der Waals surface area contributed by atoms with Gasteiger partial charge in [-0.25, -0.2) is 0 Å². The van der Waals surface area contributed by atoms with Crippen molar-refractivity contribution < 1.29 is 27.8 Å². The Morgan fingerprint density at radius 1 is 1.04 bits per heavy atom. The van der Waals surface area contributed by atoms with Crippen molar-refractivity contribution in [1.82, 2.24) is 4.98 Å². The van der Waals surface area contributed by atoms with E-state index in [1.807, 2.05) is 6.07 Å². The molecule has 0 fully saturated rings. The van der Waals surface area contributed by atoms with Crippen molar-refractivity contribution >= 4 is 13.3 Å². The van der Waals surface area contributed by atoms with Crippen LogP contribution in [-0.4, -0.2) is 39.5 Å². The molecular formula is C19H27N2O6P. The molecule has 0 amide bonds. The molecule has 0 aliphatic rings. The van der Waals surface area contributed by atoms with E-state index in [2.05, 4.69) is 10.3 Å². The summed E-state index contributed by atoms with van der Waals surface area (Å²) in [5.74, 6) is 0.505. The zero-order valence-corrected chi connectivity index (χ0v) is 17.7. The highest BCUT2D eigenvalue weighted by Gasteiger charge is 2.38. The summed E-state index contributed by atoms with van der Waals surface area (Å²) in [5.41, 5.74) is 1.27. The number of anilines is 1. The maximum Gasteiger partial charge on any atom is 0.357 e. The van der Waals surface area contributed by atoms with Crippen molar-refractivity contribution in [2.75, 3.05) is 39.9 Å². The van der Waals surface area contributed by atoms with Crippen molar-refractivity contribution in [2.45, 2.75) is 19.6 Å².